The number of benzene rings is 1. The van der Waals surface area contributed by atoms with E-state index in [0.29, 0.717) is 24.9 Å². The SMILES string of the molecule is Cc1nc(C(=O)N2CC(CN)CC2C)nn1-c1ccccc1C(C)C.Cl. The van der Waals surface area contributed by atoms with Crippen molar-refractivity contribution in [2.75, 3.05) is 13.1 Å². The summed E-state index contributed by atoms with van der Waals surface area (Å²) in [6, 6.07) is 8.30. The zero-order valence-electron chi connectivity index (χ0n) is 15.8. The Hall–Kier alpha value is -1.92. The zero-order valence-corrected chi connectivity index (χ0v) is 16.7. The first-order chi connectivity index (χ1) is 11.9. The van der Waals surface area contributed by atoms with Crippen LogP contribution in [0.25, 0.3) is 5.69 Å². The molecule has 1 aliphatic heterocycles. The Balaban J connectivity index is 0.00000243. The Labute approximate surface area is 161 Å². The summed E-state index contributed by atoms with van der Waals surface area (Å²) in [5, 5.41) is 4.54. The van der Waals surface area contributed by atoms with Crippen molar-refractivity contribution < 1.29 is 4.79 Å². The van der Waals surface area contributed by atoms with Crippen molar-refractivity contribution in [1.82, 2.24) is 19.7 Å². The Morgan fingerprint density at radius 1 is 1.35 bits per heavy atom. The van der Waals surface area contributed by atoms with Gasteiger partial charge in [-0.25, -0.2) is 9.67 Å². The molecule has 2 unspecified atom stereocenters. The third-order valence-corrected chi connectivity index (χ3v) is 5.00. The zero-order chi connectivity index (χ0) is 18.1. The van der Waals surface area contributed by atoms with Crippen LogP contribution in [0.4, 0.5) is 0 Å². The molecule has 1 fully saturated rings. The summed E-state index contributed by atoms with van der Waals surface area (Å²) in [5.41, 5.74) is 7.94. The molecule has 1 aliphatic rings. The van der Waals surface area contributed by atoms with Gasteiger partial charge >= 0.3 is 0 Å². The summed E-state index contributed by atoms with van der Waals surface area (Å²) in [6.45, 7) is 9.54. The number of hydrogen-bond donors (Lipinski definition) is 1. The van der Waals surface area contributed by atoms with E-state index in [2.05, 4.69) is 36.9 Å². The van der Waals surface area contributed by atoms with Gasteiger partial charge in [-0.2, -0.15) is 0 Å². The molecule has 2 N–H and O–H groups in total. The predicted molar refractivity (Wildman–Crippen MR) is 105 cm³/mol. The van der Waals surface area contributed by atoms with Crippen LogP contribution in [0.3, 0.4) is 0 Å². The second-order valence-corrected chi connectivity index (χ2v) is 7.25. The number of aryl methyl sites for hydroxylation is 1. The number of carbonyl (C=O) groups excluding carboxylic acids is 1. The molecule has 0 radical (unpaired) electrons. The van der Waals surface area contributed by atoms with Crippen LogP contribution in [0.15, 0.2) is 24.3 Å². The Morgan fingerprint density at radius 2 is 2.04 bits per heavy atom. The van der Waals surface area contributed by atoms with E-state index in [0.717, 1.165) is 17.9 Å². The fourth-order valence-corrected chi connectivity index (χ4v) is 3.60. The molecular weight excluding hydrogens is 350 g/mol. The molecule has 0 aliphatic carbocycles. The minimum Gasteiger partial charge on any atom is -0.333 e. The quantitative estimate of drug-likeness (QED) is 0.888. The van der Waals surface area contributed by atoms with Crippen molar-refractivity contribution in [3.05, 3.63) is 41.5 Å². The van der Waals surface area contributed by atoms with Crippen LogP contribution in [-0.2, 0) is 0 Å². The largest absolute Gasteiger partial charge is 0.333 e. The number of para-hydroxylation sites is 1. The molecule has 2 aromatic rings. The highest BCUT2D eigenvalue weighted by Gasteiger charge is 2.34. The lowest BCUT2D eigenvalue weighted by Crippen LogP contribution is -2.35. The van der Waals surface area contributed by atoms with Gasteiger partial charge in [0.05, 0.1) is 5.69 Å². The number of nitrogens with zero attached hydrogens (tertiary/aromatic N) is 4. The number of aromatic nitrogens is 3. The molecule has 0 bridgehead atoms. The van der Waals surface area contributed by atoms with Crippen molar-refractivity contribution in [2.24, 2.45) is 11.7 Å². The number of hydrogen-bond acceptors (Lipinski definition) is 4. The van der Waals surface area contributed by atoms with E-state index < -0.39 is 0 Å². The molecule has 1 amide bonds. The smallest absolute Gasteiger partial charge is 0.293 e. The molecule has 1 aromatic carbocycles. The molecule has 1 saturated heterocycles. The van der Waals surface area contributed by atoms with Crippen LogP contribution < -0.4 is 5.73 Å². The van der Waals surface area contributed by atoms with Gasteiger partial charge in [0, 0.05) is 12.6 Å². The lowest BCUT2D eigenvalue weighted by Gasteiger charge is -2.19. The number of carbonyl (C=O) groups is 1. The molecule has 26 heavy (non-hydrogen) atoms. The van der Waals surface area contributed by atoms with Gasteiger partial charge in [-0.1, -0.05) is 32.0 Å². The van der Waals surface area contributed by atoms with Crippen molar-refractivity contribution in [3.63, 3.8) is 0 Å². The van der Waals surface area contributed by atoms with Gasteiger partial charge in [-0.15, -0.1) is 17.5 Å². The highest BCUT2D eigenvalue weighted by Crippen LogP contribution is 2.25. The fourth-order valence-electron chi connectivity index (χ4n) is 3.60. The number of rotatable bonds is 4. The van der Waals surface area contributed by atoms with Crippen LogP contribution in [-0.4, -0.2) is 44.7 Å². The van der Waals surface area contributed by atoms with Gasteiger partial charge in [-0.05, 0) is 50.3 Å². The summed E-state index contributed by atoms with van der Waals surface area (Å²) in [4.78, 5) is 19.2. The molecule has 0 saturated carbocycles. The first-order valence-corrected chi connectivity index (χ1v) is 8.96. The molecule has 142 valence electrons. The van der Waals surface area contributed by atoms with Crippen LogP contribution >= 0.6 is 12.4 Å². The summed E-state index contributed by atoms with van der Waals surface area (Å²) in [6.07, 6.45) is 0.943. The van der Waals surface area contributed by atoms with Crippen LogP contribution in [0.1, 0.15) is 55.1 Å². The maximum atomic E-state index is 12.9. The van der Waals surface area contributed by atoms with Crippen molar-refractivity contribution in [1.29, 1.82) is 0 Å². The minimum absolute atomic E-state index is 0. The molecule has 0 spiro atoms. The average molecular weight is 378 g/mol. The van der Waals surface area contributed by atoms with Gasteiger partial charge in [0.2, 0.25) is 5.82 Å². The monoisotopic (exact) mass is 377 g/mol. The molecule has 3 rings (SSSR count). The molecule has 2 heterocycles. The van der Waals surface area contributed by atoms with Crippen molar-refractivity contribution in [3.8, 4) is 5.69 Å². The van der Waals surface area contributed by atoms with E-state index in [1.165, 1.54) is 5.56 Å². The van der Waals surface area contributed by atoms with E-state index in [9.17, 15) is 4.79 Å². The van der Waals surface area contributed by atoms with Gasteiger partial charge in [-0.3, -0.25) is 4.79 Å². The highest BCUT2D eigenvalue weighted by atomic mass is 35.5. The van der Waals surface area contributed by atoms with Crippen molar-refractivity contribution in [2.45, 2.75) is 46.1 Å². The van der Waals surface area contributed by atoms with Gasteiger partial charge in [0.15, 0.2) is 0 Å². The van der Waals surface area contributed by atoms with E-state index in [-0.39, 0.29) is 30.2 Å². The van der Waals surface area contributed by atoms with Crippen LogP contribution in [0, 0.1) is 12.8 Å². The first kappa shape index (κ1) is 20.4. The van der Waals surface area contributed by atoms with E-state index in [4.69, 9.17) is 5.73 Å². The normalized spacial score (nSPS) is 19.7. The van der Waals surface area contributed by atoms with Crippen LogP contribution in [0.5, 0.6) is 0 Å². The predicted octanol–water partition coefficient (Wildman–Crippen LogP) is 2.93. The molecular formula is C19H28ClN5O. The fraction of sp³-hybridized carbons (Fsp3) is 0.526. The van der Waals surface area contributed by atoms with Crippen molar-refractivity contribution >= 4 is 18.3 Å². The molecule has 6 nitrogen and oxygen atoms in total. The standard InChI is InChI=1S/C19H27N5O.ClH/c1-12(2)16-7-5-6-8-17(16)24-14(4)21-18(22-24)19(25)23-11-15(10-20)9-13(23)3;/h5-8,12-13,15H,9-11,20H2,1-4H3;1H. The third-order valence-electron chi connectivity index (χ3n) is 5.00. The Morgan fingerprint density at radius 3 is 2.65 bits per heavy atom. The molecule has 1 aromatic heterocycles. The summed E-state index contributed by atoms with van der Waals surface area (Å²) in [5.74, 6) is 1.61. The van der Waals surface area contributed by atoms with Gasteiger partial charge in [0.25, 0.3) is 5.91 Å². The maximum Gasteiger partial charge on any atom is 0.293 e. The second-order valence-electron chi connectivity index (χ2n) is 7.25. The lowest BCUT2D eigenvalue weighted by molar-refractivity contribution is 0.0731. The van der Waals surface area contributed by atoms with Gasteiger partial charge < -0.3 is 10.6 Å². The lowest BCUT2D eigenvalue weighted by atomic mass is 10.0. The number of likely N-dealkylation sites (tertiary alicyclic amines) is 1. The topological polar surface area (TPSA) is 77.0 Å². The first-order valence-electron chi connectivity index (χ1n) is 8.96. The van der Waals surface area contributed by atoms with E-state index >= 15 is 0 Å². The highest BCUT2D eigenvalue weighted by molar-refractivity contribution is 5.91. The van der Waals surface area contributed by atoms with Crippen LogP contribution in [0.2, 0.25) is 0 Å². The third kappa shape index (κ3) is 3.76. The van der Waals surface area contributed by atoms with E-state index in [1.54, 1.807) is 4.68 Å². The maximum absolute atomic E-state index is 12.9. The number of amides is 1. The summed E-state index contributed by atoms with van der Waals surface area (Å²) >= 11 is 0. The van der Waals surface area contributed by atoms with Gasteiger partial charge in [0.1, 0.15) is 5.82 Å². The number of nitrogens with two attached hydrogens (primary N) is 1. The second kappa shape index (κ2) is 8.18. The summed E-state index contributed by atoms with van der Waals surface area (Å²) in [7, 11) is 0. The van der Waals surface area contributed by atoms with E-state index in [1.807, 2.05) is 30.0 Å². The molecule has 2 atom stereocenters. The average Bonchev–Trinajstić information content (AvgIpc) is 3.17. The number of halogens is 1. The summed E-state index contributed by atoms with van der Waals surface area (Å²) < 4.78 is 1.78. The Kier molecular flexibility index (Phi) is 6.42. The minimum atomic E-state index is -0.104. The molecule has 7 heteroatoms. The Bertz CT molecular complexity index is 773.